The van der Waals surface area contributed by atoms with Gasteiger partial charge in [-0.25, -0.2) is 9.97 Å². The molecule has 7 heteroatoms. The molecular weight excluding hydrogens is 248 g/mol. The highest BCUT2D eigenvalue weighted by Crippen LogP contribution is 2.16. The van der Waals surface area contributed by atoms with Gasteiger partial charge in [0.05, 0.1) is 19.6 Å². The molecule has 1 unspecified atom stereocenters. The van der Waals surface area contributed by atoms with Crippen LogP contribution in [0.3, 0.4) is 0 Å². The molecular formula is C12H18N4O3. The Hall–Kier alpha value is -1.89. The molecule has 0 saturated carbocycles. The van der Waals surface area contributed by atoms with E-state index in [1.54, 1.807) is 0 Å². The lowest BCUT2D eigenvalue weighted by atomic mass is 10.2. The van der Waals surface area contributed by atoms with E-state index in [1.165, 1.54) is 6.33 Å². The monoisotopic (exact) mass is 266 g/mol. The molecule has 0 bridgehead atoms. The van der Waals surface area contributed by atoms with Crippen LogP contribution in [0.25, 0.3) is 0 Å². The Morgan fingerprint density at radius 3 is 2.95 bits per heavy atom. The van der Waals surface area contributed by atoms with Crippen LogP contribution >= 0.6 is 0 Å². The van der Waals surface area contributed by atoms with Gasteiger partial charge in [-0.15, -0.1) is 0 Å². The first-order chi connectivity index (χ1) is 9.15. The molecule has 104 valence electrons. The maximum Gasteiger partial charge on any atom is 0.305 e. The number of nitrogens with one attached hydrogen (secondary N) is 1. The number of carboxylic acids is 1. The van der Waals surface area contributed by atoms with Crippen LogP contribution < -0.4 is 10.2 Å². The second kappa shape index (κ2) is 6.33. The van der Waals surface area contributed by atoms with Gasteiger partial charge in [-0.1, -0.05) is 0 Å². The lowest BCUT2D eigenvalue weighted by Gasteiger charge is -2.28. The highest BCUT2D eigenvalue weighted by Gasteiger charge is 2.14. The molecule has 0 radical (unpaired) electrons. The molecule has 1 aliphatic heterocycles. The van der Waals surface area contributed by atoms with Crippen LogP contribution in [0.2, 0.25) is 0 Å². The van der Waals surface area contributed by atoms with E-state index in [4.69, 9.17) is 9.84 Å². The fourth-order valence-electron chi connectivity index (χ4n) is 1.96. The molecule has 19 heavy (non-hydrogen) atoms. The summed E-state index contributed by atoms with van der Waals surface area (Å²) >= 11 is 0. The Morgan fingerprint density at radius 2 is 2.26 bits per heavy atom. The average molecular weight is 266 g/mol. The van der Waals surface area contributed by atoms with Gasteiger partial charge in [0.1, 0.15) is 18.0 Å². The number of anilines is 2. The van der Waals surface area contributed by atoms with Crippen LogP contribution in [-0.2, 0) is 9.53 Å². The van der Waals surface area contributed by atoms with Gasteiger partial charge in [-0.3, -0.25) is 4.79 Å². The number of carbonyl (C=O) groups is 1. The normalized spacial score (nSPS) is 17.0. The van der Waals surface area contributed by atoms with Gasteiger partial charge < -0.3 is 20.1 Å². The Bertz CT molecular complexity index is 435. The lowest BCUT2D eigenvalue weighted by Crippen LogP contribution is -2.36. The molecule has 7 nitrogen and oxygen atoms in total. The molecule has 1 fully saturated rings. The zero-order valence-electron chi connectivity index (χ0n) is 10.9. The van der Waals surface area contributed by atoms with Gasteiger partial charge in [0, 0.05) is 25.2 Å². The summed E-state index contributed by atoms with van der Waals surface area (Å²) in [5, 5.41) is 11.8. The maximum absolute atomic E-state index is 10.6. The van der Waals surface area contributed by atoms with E-state index in [0.717, 1.165) is 18.9 Å². The first-order valence-electron chi connectivity index (χ1n) is 6.28. The van der Waals surface area contributed by atoms with Crippen molar-refractivity contribution in [1.29, 1.82) is 0 Å². The van der Waals surface area contributed by atoms with E-state index < -0.39 is 5.97 Å². The zero-order chi connectivity index (χ0) is 13.7. The fraction of sp³-hybridized carbons (Fsp3) is 0.583. The molecule has 0 aliphatic carbocycles. The molecule has 1 aliphatic rings. The number of hydrogen-bond acceptors (Lipinski definition) is 6. The fourth-order valence-corrected chi connectivity index (χ4v) is 1.96. The third-order valence-electron chi connectivity index (χ3n) is 2.86. The van der Waals surface area contributed by atoms with Crippen molar-refractivity contribution in [3.63, 3.8) is 0 Å². The van der Waals surface area contributed by atoms with Gasteiger partial charge in [0.25, 0.3) is 0 Å². The Morgan fingerprint density at radius 1 is 1.53 bits per heavy atom. The smallest absolute Gasteiger partial charge is 0.305 e. The number of rotatable bonds is 5. The minimum absolute atomic E-state index is 0.0525. The topological polar surface area (TPSA) is 87.6 Å². The van der Waals surface area contributed by atoms with Crippen molar-refractivity contribution >= 4 is 17.6 Å². The summed E-state index contributed by atoms with van der Waals surface area (Å²) in [7, 11) is 0. The van der Waals surface area contributed by atoms with Crippen molar-refractivity contribution in [3.8, 4) is 0 Å². The number of aromatic nitrogens is 2. The highest BCUT2D eigenvalue weighted by molar-refractivity contribution is 5.68. The number of morpholine rings is 1. The van der Waals surface area contributed by atoms with Crippen LogP contribution in [0.5, 0.6) is 0 Å². The predicted molar refractivity (Wildman–Crippen MR) is 70.4 cm³/mol. The van der Waals surface area contributed by atoms with E-state index in [-0.39, 0.29) is 12.5 Å². The number of nitrogens with zero attached hydrogens (tertiary/aromatic N) is 3. The van der Waals surface area contributed by atoms with E-state index in [2.05, 4.69) is 20.2 Å². The second-order valence-corrected chi connectivity index (χ2v) is 4.50. The van der Waals surface area contributed by atoms with Crippen LogP contribution in [0.4, 0.5) is 11.6 Å². The van der Waals surface area contributed by atoms with E-state index >= 15 is 0 Å². The van der Waals surface area contributed by atoms with Crippen LogP contribution in [-0.4, -0.2) is 53.4 Å². The van der Waals surface area contributed by atoms with Crippen molar-refractivity contribution in [1.82, 2.24) is 9.97 Å². The SMILES string of the molecule is CC(CC(=O)O)Nc1cc(N2CCOCC2)ncn1. The zero-order valence-corrected chi connectivity index (χ0v) is 10.9. The molecule has 2 heterocycles. The van der Waals surface area contributed by atoms with Crippen LogP contribution in [0, 0.1) is 0 Å². The van der Waals surface area contributed by atoms with Crippen LogP contribution in [0.1, 0.15) is 13.3 Å². The van der Waals surface area contributed by atoms with Crippen molar-refractivity contribution in [2.45, 2.75) is 19.4 Å². The quantitative estimate of drug-likeness (QED) is 0.806. The number of ether oxygens (including phenoxy) is 1. The largest absolute Gasteiger partial charge is 0.481 e. The third-order valence-corrected chi connectivity index (χ3v) is 2.86. The van der Waals surface area contributed by atoms with Gasteiger partial charge >= 0.3 is 5.97 Å². The van der Waals surface area contributed by atoms with Crippen molar-refractivity contribution in [2.75, 3.05) is 36.5 Å². The van der Waals surface area contributed by atoms with Gasteiger partial charge in [-0.05, 0) is 6.92 Å². The summed E-state index contributed by atoms with van der Waals surface area (Å²) in [6, 6.07) is 1.66. The summed E-state index contributed by atoms with van der Waals surface area (Å²) in [5.74, 6) is 0.649. The van der Waals surface area contributed by atoms with Crippen LogP contribution in [0.15, 0.2) is 12.4 Å². The summed E-state index contributed by atoms with van der Waals surface area (Å²) in [4.78, 5) is 21.1. The first kappa shape index (κ1) is 13.5. The Balaban J connectivity index is 2.00. The summed E-state index contributed by atoms with van der Waals surface area (Å²) in [5.41, 5.74) is 0. The molecule has 2 rings (SSSR count). The Kier molecular flexibility index (Phi) is 4.51. The lowest BCUT2D eigenvalue weighted by molar-refractivity contribution is -0.137. The number of hydrogen-bond donors (Lipinski definition) is 2. The predicted octanol–water partition coefficient (Wildman–Crippen LogP) is 0.588. The minimum Gasteiger partial charge on any atom is -0.481 e. The number of carboxylic acid groups (broad SMARTS) is 1. The van der Waals surface area contributed by atoms with Gasteiger partial charge in [0.2, 0.25) is 0 Å². The molecule has 0 aromatic carbocycles. The number of aliphatic carboxylic acids is 1. The average Bonchev–Trinajstić information content (AvgIpc) is 2.39. The molecule has 0 amide bonds. The molecule has 1 saturated heterocycles. The highest BCUT2D eigenvalue weighted by atomic mass is 16.5. The van der Waals surface area contributed by atoms with E-state index in [9.17, 15) is 4.79 Å². The molecule has 2 N–H and O–H groups in total. The van der Waals surface area contributed by atoms with E-state index in [1.807, 2.05) is 13.0 Å². The second-order valence-electron chi connectivity index (χ2n) is 4.50. The summed E-state index contributed by atoms with van der Waals surface area (Å²) < 4.78 is 5.29. The third kappa shape index (κ3) is 4.06. The molecule has 0 spiro atoms. The van der Waals surface area contributed by atoms with E-state index in [0.29, 0.717) is 19.0 Å². The molecule has 1 aromatic heterocycles. The molecule has 1 atom stereocenters. The summed E-state index contributed by atoms with van der Waals surface area (Å²) in [6.07, 6.45) is 1.54. The standard InChI is InChI=1S/C12H18N4O3/c1-9(6-12(17)18)15-10-7-11(14-8-13-10)16-2-4-19-5-3-16/h7-9H,2-6H2,1H3,(H,17,18)(H,13,14,15). The van der Waals surface area contributed by atoms with Crippen molar-refractivity contribution in [3.05, 3.63) is 12.4 Å². The van der Waals surface area contributed by atoms with Gasteiger partial charge in [-0.2, -0.15) is 0 Å². The van der Waals surface area contributed by atoms with Crippen molar-refractivity contribution in [2.24, 2.45) is 0 Å². The summed E-state index contributed by atoms with van der Waals surface area (Å²) in [6.45, 7) is 4.82. The van der Waals surface area contributed by atoms with Gasteiger partial charge in [0.15, 0.2) is 0 Å². The van der Waals surface area contributed by atoms with Crippen molar-refractivity contribution < 1.29 is 14.6 Å². The Labute approximate surface area is 111 Å². The molecule has 1 aromatic rings. The minimum atomic E-state index is -0.831. The first-order valence-corrected chi connectivity index (χ1v) is 6.28. The maximum atomic E-state index is 10.6.